The molecule has 3 aromatic rings. The molecule has 0 bridgehead atoms. The lowest BCUT2D eigenvalue weighted by atomic mass is 10.2. The Morgan fingerprint density at radius 2 is 2.00 bits per heavy atom. The lowest BCUT2D eigenvalue weighted by Crippen LogP contribution is -2.31. The largest absolute Gasteiger partial charge is 0.493 e. The molecule has 0 radical (unpaired) electrons. The number of aromatic nitrogens is 3. The number of ether oxygens (including phenoxy) is 1. The minimum atomic E-state index is -3.95. The van der Waals surface area contributed by atoms with Crippen molar-refractivity contribution in [2.75, 3.05) is 13.2 Å². The Bertz CT molecular complexity index is 1150. The van der Waals surface area contributed by atoms with Crippen molar-refractivity contribution in [3.8, 4) is 17.1 Å². The smallest absolute Gasteiger partial charge is 0.245 e. The second kappa shape index (κ2) is 6.89. The van der Waals surface area contributed by atoms with Gasteiger partial charge < -0.3 is 9.26 Å². The summed E-state index contributed by atoms with van der Waals surface area (Å²) in [6.07, 6.45) is 2.47. The molecule has 8 nitrogen and oxygen atoms in total. The van der Waals surface area contributed by atoms with Crippen molar-refractivity contribution in [2.24, 2.45) is 0 Å². The number of fused-ring (bicyclic) bond motifs is 1. The summed E-state index contributed by atoms with van der Waals surface area (Å²) in [4.78, 5) is 8.36. The molecule has 2 atom stereocenters. The van der Waals surface area contributed by atoms with Gasteiger partial charge >= 0.3 is 0 Å². The summed E-state index contributed by atoms with van der Waals surface area (Å²) < 4.78 is 52.7. The van der Waals surface area contributed by atoms with E-state index in [0.717, 1.165) is 9.87 Å². The van der Waals surface area contributed by atoms with Gasteiger partial charge in [-0.2, -0.15) is 9.29 Å². The van der Waals surface area contributed by atoms with E-state index in [2.05, 4.69) is 15.1 Å². The molecule has 1 fully saturated rings. The maximum absolute atomic E-state index is 14.3. The number of alkyl halides is 1. The summed E-state index contributed by atoms with van der Waals surface area (Å²) in [6, 6.07) is 7.28. The predicted molar refractivity (Wildman–Crippen MR) is 99.3 cm³/mol. The number of rotatable bonds is 4. The topological polar surface area (TPSA) is 98.4 Å². The van der Waals surface area contributed by atoms with Crippen LogP contribution in [0.5, 0.6) is 5.75 Å². The summed E-state index contributed by atoms with van der Waals surface area (Å²) >= 11 is 0. The standard InChI is InChI=1S/C19H17FN4O4S/c20-14-10-16(19-22-18(23-28-19)12-3-6-21-7-4-12)24(11-14)29(25,26)15-1-2-17-13(9-15)5-8-27-17/h1-4,6-7,9,14,16H,5,8,10-11H2/t14-,16+/m1/s1. The number of hydrogen-bond acceptors (Lipinski definition) is 7. The fourth-order valence-corrected chi connectivity index (χ4v) is 5.37. The van der Waals surface area contributed by atoms with Crippen LogP contribution in [0.1, 0.15) is 23.9 Å². The van der Waals surface area contributed by atoms with Gasteiger partial charge in [0.25, 0.3) is 0 Å². The SMILES string of the molecule is O=S(=O)(c1ccc2c(c1)CCO2)N1C[C@H](F)C[C@H]1c1nc(-c2ccncc2)no1. The molecule has 0 N–H and O–H groups in total. The quantitative estimate of drug-likeness (QED) is 0.644. The molecular formula is C19H17FN4O4S. The first-order chi connectivity index (χ1) is 14.0. The maximum Gasteiger partial charge on any atom is 0.245 e. The van der Waals surface area contributed by atoms with Gasteiger partial charge in [-0.25, -0.2) is 12.8 Å². The highest BCUT2D eigenvalue weighted by Gasteiger charge is 2.44. The first-order valence-corrected chi connectivity index (χ1v) is 10.6. The molecule has 0 spiro atoms. The van der Waals surface area contributed by atoms with Crippen molar-refractivity contribution in [3.63, 3.8) is 0 Å². The highest BCUT2D eigenvalue weighted by molar-refractivity contribution is 7.89. The predicted octanol–water partition coefficient (Wildman–Crippen LogP) is 2.54. The van der Waals surface area contributed by atoms with Crippen LogP contribution in [0.25, 0.3) is 11.4 Å². The number of halogens is 1. The number of nitrogens with zero attached hydrogens (tertiary/aromatic N) is 4. The Morgan fingerprint density at radius 3 is 2.83 bits per heavy atom. The molecule has 0 amide bonds. The average Bonchev–Trinajstić information content (AvgIpc) is 3.47. The van der Waals surface area contributed by atoms with Crippen LogP contribution in [0.4, 0.5) is 4.39 Å². The van der Waals surface area contributed by atoms with Crippen molar-refractivity contribution in [1.29, 1.82) is 0 Å². The lowest BCUT2D eigenvalue weighted by Gasteiger charge is -2.21. The van der Waals surface area contributed by atoms with E-state index in [9.17, 15) is 12.8 Å². The molecule has 2 aliphatic rings. The van der Waals surface area contributed by atoms with Crippen LogP contribution in [0.2, 0.25) is 0 Å². The number of pyridine rings is 1. The second-order valence-corrected chi connectivity index (χ2v) is 8.87. The number of sulfonamides is 1. The fourth-order valence-electron chi connectivity index (χ4n) is 3.69. The molecule has 2 aliphatic heterocycles. The van der Waals surface area contributed by atoms with Gasteiger partial charge in [0.2, 0.25) is 21.7 Å². The third-order valence-corrected chi connectivity index (χ3v) is 7.01. The molecular weight excluding hydrogens is 399 g/mol. The molecule has 0 saturated carbocycles. The van der Waals surface area contributed by atoms with Crippen LogP contribution >= 0.6 is 0 Å². The molecule has 4 heterocycles. The molecule has 2 aromatic heterocycles. The molecule has 1 saturated heterocycles. The molecule has 1 aromatic carbocycles. The van der Waals surface area contributed by atoms with E-state index in [1.807, 2.05) is 0 Å². The third-order valence-electron chi connectivity index (χ3n) is 5.14. The van der Waals surface area contributed by atoms with Crippen LogP contribution in [0.3, 0.4) is 0 Å². The molecule has 5 rings (SSSR count). The lowest BCUT2D eigenvalue weighted by molar-refractivity contribution is 0.290. The second-order valence-electron chi connectivity index (χ2n) is 6.98. The monoisotopic (exact) mass is 416 g/mol. The van der Waals surface area contributed by atoms with E-state index in [0.29, 0.717) is 30.2 Å². The van der Waals surface area contributed by atoms with Gasteiger partial charge in [-0.3, -0.25) is 4.98 Å². The summed E-state index contributed by atoms with van der Waals surface area (Å²) in [6.45, 7) is 0.269. The van der Waals surface area contributed by atoms with E-state index in [1.54, 1.807) is 36.7 Å². The van der Waals surface area contributed by atoms with E-state index in [-0.39, 0.29) is 23.8 Å². The zero-order valence-electron chi connectivity index (χ0n) is 15.2. The summed E-state index contributed by atoms with van der Waals surface area (Å²) in [7, 11) is -3.95. The first-order valence-electron chi connectivity index (χ1n) is 9.18. The molecule has 0 unspecified atom stereocenters. The van der Waals surface area contributed by atoms with Gasteiger partial charge in [-0.05, 0) is 35.9 Å². The summed E-state index contributed by atoms with van der Waals surface area (Å²) in [5.74, 6) is 1.06. The fraction of sp³-hybridized carbons (Fsp3) is 0.316. The van der Waals surface area contributed by atoms with Gasteiger partial charge in [0.15, 0.2) is 0 Å². The molecule has 150 valence electrons. The first kappa shape index (κ1) is 18.2. The van der Waals surface area contributed by atoms with Crippen LogP contribution < -0.4 is 4.74 Å². The van der Waals surface area contributed by atoms with Crippen molar-refractivity contribution in [3.05, 3.63) is 54.2 Å². The normalized spacial score (nSPS) is 21.8. The van der Waals surface area contributed by atoms with Crippen LogP contribution in [-0.4, -0.2) is 47.2 Å². The van der Waals surface area contributed by atoms with Gasteiger partial charge in [0, 0.05) is 37.3 Å². The molecule has 0 aliphatic carbocycles. The average molecular weight is 416 g/mol. The molecule has 10 heteroatoms. The number of hydrogen-bond donors (Lipinski definition) is 0. The van der Waals surface area contributed by atoms with Gasteiger partial charge in [-0.1, -0.05) is 5.16 Å². The van der Waals surface area contributed by atoms with E-state index >= 15 is 0 Å². The van der Waals surface area contributed by atoms with E-state index in [1.165, 1.54) is 6.07 Å². The van der Waals surface area contributed by atoms with Crippen molar-refractivity contribution >= 4 is 10.0 Å². The van der Waals surface area contributed by atoms with Crippen molar-refractivity contribution in [1.82, 2.24) is 19.4 Å². The van der Waals surface area contributed by atoms with E-state index in [4.69, 9.17) is 9.26 Å². The Labute approximate surface area is 166 Å². The Kier molecular flexibility index (Phi) is 4.32. The summed E-state index contributed by atoms with van der Waals surface area (Å²) in [5, 5.41) is 3.92. The summed E-state index contributed by atoms with van der Waals surface area (Å²) in [5.41, 5.74) is 1.51. The highest BCUT2D eigenvalue weighted by Crippen LogP contribution is 2.39. The van der Waals surface area contributed by atoms with E-state index < -0.39 is 22.2 Å². The highest BCUT2D eigenvalue weighted by atomic mass is 32.2. The minimum Gasteiger partial charge on any atom is -0.493 e. The van der Waals surface area contributed by atoms with Gasteiger partial charge in [0.1, 0.15) is 18.0 Å². The Balaban J connectivity index is 1.49. The van der Waals surface area contributed by atoms with Crippen LogP contribution in [-0.2, 0) is 16.4 Å². The van der Waals surface area contributed by atoms with Crippen molar-refractivity contribution < 1.29 is 22.1 Å². The third kappa shape index (κ3) is 3.18. The maximum atomic E-state index is 14.3. The Hall–Kier alpha value is -2.85. The van der Waals surface area contributed by atoms with Crippen LogP contribution in [0.15, 0.2) is 52.1 Å². The van der Waals surface area contributed by atoms with Crippen LogP contribution in [0, 0.1) is 0 Å². The van der Waals surface area contributed by atoms with Gasteiger partial charge in [-0.15, -0.1) is 0 Å². The van der Waals surface area contributed by atoms with Crippen molar-refractivity contribution in [2.45, 2.75) is 30.0 Å². The van der Waals surface area contributed by atoms with Gasteiger partial charge in [0.05, 0.1) is 11.5 Å². The zero-order valence-corrected chi connectivity index (χ0v) is 16.0. The zero-order chi connectivity index (χ0) is 20.0. The number of benzene rings is 1. The molecule has 29 heavy (non-hydrogen) atoms. The minimum absolute atomic E-state index is 0.0364. The Morgan fingerprint density at radius 1 is 1.17 bits per heavy atom.